The zero-order valence-electron chi connectivity index (χ0n) is 13.4. The number of fused-ring (bicyclic) bond motifs is 1. The number of carbonyl (C=O) groups is 1. The number of aryl methyl sites for hydroxylation is 2. The van der Waals surface area contributed by atoms with Crippen LogP contribution in [0.5, 0.6) is 0 Å². The van der Waals surface area contributed by atoms with Gasteiger partial charge < -0.3 is 0 Å². The molecule has 0 N–H and O–H groups in total. The highest BCUT2D eigenvalue weighted by Gasteiger charge is 2.16. The zero-order valence-corrected chi connectivity index (χ0v) is 16.6. The third-order valence-electron chi connectivity index (χ3n) is 3.88. The molecule has 0 saturated heterocycles. The SMILES string of the molecule is Cc1sc2nc(SCC(=O)c3ccccc3Br)n(C)c(=O)c2c1C. The standard InChI is InChI=1S/C17H15BrN2O2S2/c1-9-10(2)24-15-14(9)16(22)20(3)17(19-15)23-8-13(21)11-6-4-5-7-12(11)18/h4-7H,8H2,1-3H3. The van der Waals surface area contributed by atoms with Crippen LogP contribution in [-0.4, -0.2) is 21.1 Å². The Balaban J connectivity index is 1.91. The molecule has 2 heterocycles. The normalized spacial score (nSPS) is 11.2. The summed E-state index contributed by atoms with van der Waals surface area (Å²) in [7, 11) is 1.70. The first-order chi connectivity index (χ1) is 11.4. The quantitative estimate of drug-likeness (QED) is 0.356. The first-order valence-corrected chi connectivity index (χ1v) is 9.87. The van der Waals surface area contributed by atoms with Gasteiger partial charge in [-0.25, -0.2) is 4.98 Å². The van der Waals surface area contributed by atoms with Crippen molar-refractivity contribution in [2.45, 2.75) is 19.0 Å². The van der Waals surface area contributed by atoms with Gasteiger partial charge in [0.2, 0.25) is 0 Å². The third kappa shape index (κ3) is 3.08. The molecule has 3 rings (SSSR count). The largest absolute Gasteiger partial charge is 0.293 e. The topological polar surface area (TPSA) is 52.0 Å². The summed E-state index contributed by atoms with van der Waals surface area (Å²) in [5.74, 6) is 0.234. The molecule has 0 radical (unpaired) electrons. The maximum Gasteiger partial charge on any atom is 0.262 e. The summed E-state index contributed by atoms with van der Waals surface area (Å²) in [6.07, 6.45) is 0. The summed E-state index contributed by atoms with van der Waals surface area (Å²) in [6, 6.07) is 7.33. The van der Waals surface area contributed by atoms with Gasteiger partial charge in [-0.1, -0.05) is 45.9 Å². The Labute approximate surface area is 156 Å². The predicted octanol–water partition coefficient (Wildman–Crippen LogP) is 4.35. The molecule has 0 unspecified atom stereocenters. The molecule has 0 aliphatic heterocycles. The minimum Gasteiger partial charge on any atom is -0.293 e. The predicted molar refractivity (Wildman–Crippen MR) is 104 cm³/mol. The Morgan fingerprint density at radius 3 is 2.75 bits per heavy atom. The lowest BCUT2D eigenvalue weighted by Gasteiger charge is -2.07. The average Bonchev–Trinajstić information content (AvgIpc) is 2.84. The number of thioether (sulfide) groups is 1. The number of nitrogens with zero attached hydrogens (tertiary/aromatic N) is 2. The summed E-state index contributed by atoms with van der Waals surface area (Å²) in [4.78, 5) is 31.4. The van der Waals surface area contributed by atoms with Crippen molar-refractivity contribution in [2.75, 3.05) is 5.75 Å². The van der Waals surface area contributed by atoms with Crippen LogP contribution in [-0.2, 0) is 7.05 Å². The summed E-state index contributed by atoms with van der Waals surface area (Å²) in [5, 5.41) is 1.25. The van der Waals surface area contributed by atoms with Crippen LogP contribution < -0.4 is 5.56 Å². The van der Waals surface area contributed by atoms with Crippen molar-refractivity contribution < 1.29 is 4.79 Å². The van der Waals surface area contributed by atoms with Crippen molar-refractivity contribution in [1.29, 1.82) is 0 Å². The van der Waals surface area contributed by atoms with E-state index in [4.69, 9.17) is 0 Å². The van der Waals surface area contributed by atoms with Gasteiger partial charge in [0.15, 0.2) is 10.9 Å². The summed E-state index contributed by atoms with van der Waals surface area (Å²) >= 11 is 6.20. The van der Waals surface area contributed by atoms with Gasteiger partial charge in [-0.3, -0.25) is 14.2 Å². The maximum atomic E-state index is 12.6. The minimum atomic E-state index is -0.0577. The summed E-state index contributed by atoms with van der Waals surface area (Å²) < 4.78 is 2.30. The van der Waals surface area contributed by atoms with Crippen molar-refractivity contribution in [3.8, 4) is 0 Å². The molecule has 0 amide bonds. The smallest absolute Gasteiger partial charge is 0.262 e. The Kier molecular flexibility index (Phi) is 4.94. The molecule has 24 heavy (non-hydrogen) atoms. The molecule has 7 heteroatoms. The zero-order chi connectivity index (χ0) is 17.4. The van der Waals surface area contributed by atoms with Crippen LogP contribution in [0.4, 0.5) is 0 Å². The number of thiophene rings is 1. The van der Waals surface area contributed by atoms with Gasteiger partial charge in [-0.15, -0.1) is 11.3 Å². The fraction of sp³-hybridized carbons (Fsp3) is 0.235. The molecule has 0 saturated carbocycles. The van der Waals surface area contributed by atoms with Crippen LogP contribution >= 0.6 is 39.0 Å². The van der Waals surface area contributed by atoms with Gasteiger partial charge in [-0.05, 0) is 25.5 Å². The molecule has 0 bridgehead atoms. The second-order valence-electron chi connectivity index (χ2n) is 5.41. The van der Waals surface area contributed by atoms with Crippen LogP contribution in [0, 0.1) is 13.8 Å². The van der Waals surface area contributed by atoms with E-state index in [1.54, 1.807) is 13.1 Å². The van der Waals surface area contributed by atoms with Crippen LogP contribution in [0.1, 0.15) is 20.8 Å². The fourth-order valence-electron chi connectivity index (χ4n) is 2.38. The number of hydrogen-bond donors (Lipinski definition) is 0. The molecule has 3 aromatic rings. The molecule has 0 atom stereocenters. The highest BCUT2D eigenvalue weighted by molar-refractivity contribution is 9.10. The molecule has 0 aliphatic carbocycles. The number of aromatic nitrogens is 2. The van der Waals surface area contributed by atoms with Crippen molar-refractivity contribution in [3.05, 3.63) is 55.1 Å². The lowest BCUT2D eigenvalue weighted by atomic mass is 10.1. The van der Waals surface area contributed by atoms with E-state index in [0.717, 1.165) is 19.7 Å². The van der Waals surface area contributed by atoms with Crippen molar-refractivity contribution >= 4 is 55.0 Å². The number of rotatable bonds is 4. The molecular weight excluding hydrogens is 408 g/mol. The lowest BCUT2D eigenvalue weighted by Crippen LogP contribution is -2.20. The number of ketones is 1. The van der Waals surface area contributed by atoms with Gasteiger partial charge >= 0.3 is 0 Å². The van der Waals surface area contributed by atoms with Crippen LogP contribution in [0.3, 0.4) is 0 Å². The van der Waals surface area contributed by atoms with E-state index in [1.165, 1.54) is 27.7 Å². The monoisotopic (exact) mass is 422 g/mol. The maximum absolute atomic E-state index is 12.6. The number of Topliss-reactive ketones (excluding diaryl/α,β-unsaturated/α-hetero) is 1. The number of benzene rings is 1. The molecular formula is C17H15BrN2O2S2. The fourth-order valence-corrected chi connectivity index (χ4v) is 4.81. The van der Waals surface area contributed by atoms with Crippen molar-refractivity contribution in [2.24, 2.45) is 7.05 Å². The molecule has 0 spiro atoms. The molecule has 0 fully saturated rings. The minimum absolute atomic E-state index is 0.000335. The Hall–Kier alpha value is -1.44. The highest BCUT2D eigenvalue weighted by atomic mass is 79.9. The first-order valence-electron chi connectivity index (χ1n) is 7.27. The van der Waals surface area contributed by atoms with Crippen LogP contribution in [0.25, 0.3) is 10.2 Å². The van der Waals surface area contributed by atoms with E-state index < -0.39 is 0 Å². The van der Waals surface area contributed by atoms with Gasteiger partial charge in [-0.2, -0.15) is 0 Å². The molecule has 2 aromatic heterocycles. The molecule has 1 aromatic carbocycles. The Morgan fingerprint density at radius 2 is 2.04 bits per heavy atom. The molecule has 4 nitrogen and oxygen atoms in total. The van der Waals surface area contributed by atoms with Gasteiger partial charge in [0.25, 0.3) is 5.56 Å². The van der Waals surface area contributed by atoms with E-state index in [-0.39, 0.29) is 17.1 Å². The summed E-state index contributed by atoms with van der Waals surface area (Å²) in [5.41, 5.74) is 1.57. The van der Waals surface area contributed by atoms with Gasteiger partial charge in [0, 0.05) is 22.0 Å². The Morgan fingerprint density at radius 1 is 1.33 bits per heavy atom. The average molecular weight is 423 g/mol. The number of hydrogen-bond acceptors (Lipinski definition) is 5. The van der Waals surface area contributed by atoms with Crippen LogP contribution in [0.15, 0.2) is 38.7 Å². The van der Waals surface area contributed by atoms with E-state index in [0.29, 0.717) is 16.1 Å². The van der Waals surface area contributed by atoms with Crippen molar-refractivity contribution in [1.82, 2.24) is 9.55 Å². The first kappa shape index (κ1) is 17.4. The van der Waals surface area contributed by atoms with Crippen molar-refractivity contribution in [3.63, 3.8) is 0 Å². The van der Waals surface area contributed by atoms with E-state index in [1.807, 2.05) is 32.0 Å². The third-order valence-corrected chi connectivity index (χ3v) is 6.70. The molecule has 124 valence electrons. The Bertz CT molecular complexity index is 1010. The van der Waals surface area contributed by atoms with E-state index >= 15 is 0 Å². The number of carbonyl (C=O) groups excluding carboxylic acids is 1. The molecule has 0 aliphatic rings. The number of halogens is 1. The van der Waals surface area contributed by atoms with E-state index in [9.17, 15) is 9.59 Å². The summed E-state index contributed by atoms with van der Waals surface area (Å²) in [6.45, 7) is 3.94. The highest BCUT2D eigenvalue weighted by Crippen LogP contribution is 2.28. The van der Waals surface area contributed by atoms with Gasteiger partial charge in [0.1, 0.15) is 4.83 Å². The lowest BCUT2D eigenvalue weighted by molar-refractivity contribution is 0.102. The van der Waals surface area contributed by atoms with Gasteiger partial charge in [0.05, 0.1) is 11.1 Å². The second-order valence-corrected chi connectivity index (χ2v) is 8.41. The van der Waals surface area contributed by atoms with Crippen LogP contribution in [0.2, 0.25) is 0 Å². The van der Waals surface area contributed by atoms with E-state index in [2.05, 4.69) is 20.9 Å². The second kappa shape index (κ2) is 6.82.